The summed E-state index contributed by atoms with van der Waals surface area (Å²) in [6.45, 7) is 10.9. The van der Waals surface area contributed by atoms with Gasteiger partial charge in [0, 0.05) is 5.54 Å². The van der Waals surface area contributed by atoms with Crippen LogP contribution in [0.15, 0.2) is 0 Å². The first kappa shape index (κ1) is 14.4. The molecule has 0 aromatic rings. The Labute approximate surface area is 92.0 Å². The van der Waals surface area contributed by atoms with Gasteiger partial charge in [-0.2, -0.15) is 0 Å². The molecule has 0 heterocycles. The van der Waals surface area contributed by atoms with Crippen LogP contribution in [0.4, 0.5) is 0 Å². The molecule has 0 aliphatic heterocycles. The lowest BCUT2D eigenvalue weighted by molar-refractivity contribution is -0.159. The molecule has 0 radical (unpaired) electrons. The maximum Gasteiger partial charge on any atom is 0.326 e. The van der Waals surface area contributed by atoms with Gasteiger partial charge in [0.15, 0.2) is 0 Å². The Hall–Kier alpha value is -0.610. The van der Waals surface area contributed by atoms with Gasteiger partial charge in [-0.05, 0) is 41.5 Å². The summed E-state index contributed by atoms with van der Waals surface area (Å²) < 4.78 is 5.18. The van der Waals surface area contributed by atoms with Gasteiger partial charge >= 0.3 is 5.97 Å². The van der Waals surface area contributed by atoms with Crippen molar-refractivity contribution in [2.45, 2.75) is 58.7 Å². The molecule has 0 aromatic carbocycles. The fourth-order valence-corrected chi connectivity index (χ4v) is 1.07. The number of ether oxygens (including phenoxy) is 1. The summed E-state index contributed by atoms with van der Waals surface area (Å²) in [6.07, 6.45) is 0. The van der Waals surface area contributed by atoms with E-state index >= 15 is 0 Å². The van der Waals surface area contributed by atoms with E-state index in [4.69, 9.17) is 9.84 Å². The molecular weight excluding hydrogens is 194 g/mol. The monoisotopic (exact) mass is 217 g/mol. The summed E-state index contributed by atoms with van der Waals surface area (Å²) in [6, 6.07) is -0.663. The van der Waals surface area contributed by atoms with Crippen molar-refractivity contribution in [1.82, 2.24) is 5.32 Å². The summed E-state index contributed by atoms with van der Waals surface area (Å²) >= 11 is 0. The average Bonchev–Trinajstić information content (AvgIpc) is 1.94. The highest BCUT2D eigenvalue weighted by Crippen LogP contribution is 2.10. The van der Waals surface area contributed by atoms with E-state index < -0.39 is 17.6 Å². The second-order valence-corrected chi connectivity index (χ2v) is 5.66. The highest BCUT2D eigenvalue weighted by Gasteiger charge is 2.27. The molecule has 0 aromatic heterocycles. The van der Waals surface area contributed by atoms with Gasteiger partial charge in [0.2, 0.25) is 0 Å². The average molecular weight is 217 g/mol. The van der Waals surface area contributed by atoms with Crippen LogP contribution < -0.4 is 5.32 Å². The van der Waals surface area contributed by atoms with Gasteiger partial charge in [-0.15, -0.1) is 0 Å². The van der Waals surface area contributed by atoms with Crippen LogP contribution in [0.1, 0.15) is 41.5 Å². The predicted octanol–water partition coefficient (Wildman–Crippen LogP) is 1.08. The molecule has 0 aliphatic carbocycles. The van der Waals surface area contributed by atoms with Crippen LogP contribution in [0.25, 0.3) is 0 Å². The lowest BCUT2D eigenvalue weighted by Gasteiger charge is -2.28. The summed E-state index contributed by atoms with van der Waals surface area (Å²) in [5.74, 6) is -0.417. The molecule has 0 amide bonds. The molecule has 0 rings (SSSR count). The Kier molecular flexibility index (Phi) is 4.74. The van der Waals surface area contributed by atoms with Crippen molar-refractivity contribution in [2.24, 2.45) is 0 Å². The van der Waals surface area contributed by atoms with Crippen LogP contribution in [0.5, 0.6) is 0 Å². The van der Waals surface area contributed by atoms with Gasteiger partial charge in [0.05, 0.1) is 6.61 Å². The number of carbonyl (C=O) groups excluding carboxylic acids is 1. The number of carbonyl (C=O) groups is 1. The van der Waals surface area contributed by atoms with Gasteiger partial charge in [0.25, 0.3) is 0 Å². The molecule has 0 aliphatic rings. The van der Waals surface area contributed by atoms with Crippen LogP contribution in [0.3, 0.4) is 0 Å². The molecule has 0 saturated carbocycles. The molecule has 2 N–H and O–H groups in total. The fraction of sp³-hybridized carbons (Fsp3) is 0.909. The maximum absolute atomic E-state index is 11.6. The van der Waals surface area contributed by atoms with Crippen LogP contribution in [-0.4, -0.2) is 34.9 Å². The van der Waals surface area contributed by atoms with Gasteiger partial charge in [0.1, 0.15) is 11.6 Å². The lowest BCUT2D eigenvalue weighted by Crippen LogP contribution is -2.51. The number of rotatable bonds is 3. The molecule has 90 valence electrons. The van der Waals surface area contributed by atoms with E-state index in [1.807, 2.05) is 20.8 Å². The smallest absolute Gasteiger partial charge is 0.326 e. The minimum Gasteiger partial charge on any atom is -0.459 e. The SMILES string of the molecule is CC(C)(C)N[C@@H](CO)C(=O)OC(C)(C)C. The molecule has 15 heavy (non-hydrogen) atoms. The Bertz CT molecular complexity index is 213. The second-order valence-electron chi connectivity index (χ2n) is 5.66. The molecule has 0 bridgehead atoms. The third-order valence-corrected chi connectivity index (χ3v) is 1.48. The first-order valence-electron chi connectivity index (χ1n) is 5.16. The summed E-state index contributed by atoms with van der Waals surface area (Å²) in [5.41, 5.74) is -0.756. The quantitative estimate of drug-likeness (QED) is 0.694. The van der Waals surface area contributed by atoms with E-state index in [0.29, 0.717) is 0 Å². The molecule has 4 nitrogen and oxygen atoms in total. The van der Waals surface area contributed by atoms with Crippen molar-refractivity contribution in [1.29, 1.82) is 0 Å². The van der Waals surface area contributed by atoms with Crippen molar-refractivity contribution in [2.75, 3.05) is 6.61 Å². The van der Waals surface area contributed by atoms with Gasteiger partial charge in [-0.25, -0.2) is 0 Å². The van der Waals surface area contributed by atoms with E-state index in [-0.39, 0.29) is 12.1 Å². The third kappa shape index (κ3) is 7.33. The summed E-state index contributed by atoms with van der Waals surface area (Å²) in [5, 5.41) is 12.1. The van der Waals surface area contributed by atoms with E-state index in [1.165, 1.54) is 0 Å². The number of nitrogens with one attached hydrogen (secondary N) is 1. The molecule has 0 unspecified atom stereocenters. The van der Waals surface area contributed by atoms with Gasteiger partial charge in [-0.1, -0.05) is 0 Å². The number of hydrogen-bond acceptors (Lipinski definition) is 4. The zero-order valence-corrected chi connectivity index (χ0v) is 10.5. The fourth-order valence-electron chi connectivity index (χ4n) is 1.07. The minimum atomic E-state index is -0.663. The van der Waals surface area contributed by atoms with Crippen LogP contribution in [0, 0.1) is 0 Å². The summed E-state index contributed by atoms with van der Waals surface area (Å²) in [4.78, 5) is 11.6. The third-order valence-electron chi connectivity index (χ3n) is 1.48. The van der Waals surface area contributed by atoms with E-state index in [9.17, 15) is 4.79 Å². The van der Waals surface area contributed by atoms with Crippen LogP contribution in [0.2, 0.25) is 0 Å². The largest absolute Gasteiger partial charge is 0.459 e. The maximum atomic E-state index is 11.6. The van der Waals surface area contributed by atoms with E-state index in [0.717, 1.165) is 0 Å². The van der Waals surface area contributed by atoms with Crippen molar-refractivity contribution < 1.29 is 14.6 Å². The standard InChI is InChI=1S/C11H23NO3/c1-10(2,3)12-8(7-13)9(14)15-11(4,5)6/h8,12-13H,7H2,1-6H3/t8-/m0/s1. The van der Waals surface area contributed by atoms with Crippen LogP contribution in [-0.2, 0) is 9.53 Å². The Morgan fingerprint density at radius 3 is 2.00 bits per heavy atom. The zero-order chi connectivity index (χ0) is 12.3. The van der Waals surface area contributed by atoms with Crippen LogP contribution >= 0.6 is 0 Å². The van der Waals surface area contributed by atoms with Gasteiger partial charge < -0.3 is 9.84 Å². The Balaban J connectivity index is 4.36. The van der Waals surface area contributed by atoms with E-state index in [2.05, 4.69) is 5.32 Å². The molecule has 1 atom stereocenters. The van der Waals surface area contributed by atoms with Crippen molar-refractivity contribution in [3.8, 4) is 0 Å². The number of aliphatic hydroxyl groups is 1. The minimum absolute atomic E-state index is 0.232. The Morgan fingerprint density at radius 1 is 1.27 bits per heavy atom. The highest BCUT2D eigenvalue weighted by molar-refractivity contribution is 5.76. The van der Waals surface area contributed by atoms with E-state index in [1.54, 1.807) is 20.8 Å². The topological polar surface area (TPSA) is 58.6 Å². The Morgan fingerprint density at radius 2 is 1.73 bits per heavy atom. The van der Waals surface area contributed by atoms with Gasteiger partial charge in [-0.3, -0.25) is 10.1 Å². The van der Waals surface area contributed by atoms with Crippen molar-refractivity contribution >= 4 is 5.97 Å². The van der Waals surface area contributed by atoms with Crippen molar-refractivity contribution in [3.05, 3.63) is 0 Å². The molecule has 0 saturated heterocycles. The first-order valence-corrected chi connectivity index (χ1v) is 5.16. The highest BCUT2D eigenvalue weighted by atomic mass is 16.6. The number of aliphatic hydroxyl groups excluding tert-OH is 1. The second kappa shape index (κ2) is 4.94. The lowest BCUT2D eigenvalue weighted by atomic mass is 10.1. The normalized spacial score (nSPS) is 14.9. The molecular formula is C11H23NO3. The zero-order valence-electron chi connectivity index (χ0n) is 10.5. The molecule has 0 fully saturated rings. The summed E-state index contributed by atoms with van der Waals surface area (Å²) in [7, 11) is 0. The molecule has 0 spiro atoms. The van der Waals surface area contributed by atoms with Crippen molar-refractivity contribution in [3.63, 3.8) is 0 Å². The number of hydrogen-bond donors (Lipinski definition) is 2. The first-order chi connectivity index (χ1) is 6.55. The molecule has 4 heteroatoms. The predicted molar refractivity (Wildman–Crippen MR) is 59.6 cm³/mol. The number of esters is 1.